The van der Waals surface area contributed by atoms with E-state index in [1.165, 1.54) is 0 Å². The summed E-state index contributed by atoms with van der Waals surface area (Å²) < 4.78 is 16.1. The highest BCUT2D eigenvalue weighted by atomic mass is 16.7. The molecule has 4 nitrogen and oxygen atoms in total. The van der Waals surface area contributed by atoms with Crippen LogP contribution in [0.4, 0.5) is 0 Å². The minimum absolute atomic E-state index is 0.0575. The molecule has 1 aliphatic rings. The summed E-state index contributed by atoms with van der Waals surface area (Å²) >= 11 is 0. The van der Waals surface area contributed by atoms with Crippen molar-refractivity contribution < 1.29 is 19.0 Å². The Hall–Kier alpha value is -1.55. The van der Waals surface area contributed by atoms with Crippen molar-refractivity contribution in [2.75, 3.05) is 6.79 Å². The normalized spacial score (nSPS) is 14.7. The fourth-order valence-corrected chi connectivity index (χ4v) is 1.73. The molecule has 0 saturated heterocycles. The van der Waals surface area contributed by atoms with Crippen molar-refractivity contribution in [2.45, 2.75) is 33.0 Å². The van der Waals surface area contributed by atoms with E-state index in [9.17, 15) is 4.79 Å². The largest absolute Gasteiger partial charge is 0.454 e. The first-order chi connectivity index (χ1) is 8.15. The Labute approximate surface area is 100 Å². The van der Waals surface area contributed by atoms with Gasteiger partial charge in [0.1, 0.15) is 5.78 Å². The number of carbonyl (C=O) groups is 1. The van der Waals surface area contributed by atoms with Gasteiger partial charge in [0, 0.05) is 6.42 Å². The van der Waals surface area contributed by atoms with Crippen LogP contribution < -0.4 is 9.47 Å². The zero-order valence-electron chi connectivity index (χ0n) is 10.1. The van der Waals surface area contributed by atoms with Gasteiger partial charge in [0.25, 0.3) is 0 Å². The fourth-order valence-electron chi connectivity index (χ4n) is 1.73. The predicted octanol–water partition coefficient (Wildman–Crippen LogP) is 2.30. The second kappa shape index (κ2) is 5.19. The van der Waals surface area contributed by atoms with Gasteiger partial charge in [-0.15, -0.1) is 0 Å². The summed E-state index contributed by atoms with van der Waals surface area (Å²) in [6.07, 6.45) is 0.391. The van der Waals surface area contributed by atoms with E-state index in [4.69, 9.17) is 14.2 Å². The molecule has 0 saturated carbocycles. The number of hydrogen-bond donors (Lipinski definition) is 0. The Bertz CT molecular complexity index is 414. The minimum Gasteiger partial charge on any atom is -0.454 e. The van der Waals surface area contributed by atoms with Crippen molar-refractivity contribution in [1.29, 1.82) is 0 Å². The number of hydrogen-bond acceptors (Lipinski definition) is 4. The molecule has 1 aromatic rings. The van der Waals surface area contributed by atoms with Crippen LogP contribution in [-0.2, 0) is 16.1 Å². The fraction of sp³-hybridized carbons (Fsp3) is 0.462. The molecule has 0 fully saturated rings. The van der Waals surface area contributed by atoms with Gasteiger partial charge in [-0.05, 0) is 31.5 Å². The van der Waals surface area contributed by atoms with Gasteiger partial charge in [0.15, 0.2) is 11.5 Å². The molecular weight excluding hydrogens is 220 g/mol. The molecule has 1 atom stereocenters. The van der Waals surface area contributed by atoms with Gasteiger partial charge in [-0.1, -0.05) is 6.07 Å². The van der Waals surface area contributed by atoms with E-state index < -0.39 is 0 Å². The van der Waals surface area contributed by atoms with Gasteiger partial charge < -0.3 is 14.2 Å². The van der Waals surface area contributed by atoms with E-state index in [1.807, 2.05) is 25.1 Å². The van der Waals surface area contributed by atoms with Crippen molar-refractivity contribution in [2.24, 2.45) is 0 Å². The first-order valence-corrected chi connectivity index (χ1v) is 5.64. The van der Waals surface area contributed by atoms with Crippen LogP contribution in [0.1, 0.15) is 25.8 Å². The van der Waals surface area contributed by atoms with Gasteiger partial charge in [0.05, 0.1) is 12.7 Å². The molecule has 1 aliphatic heterocycles. The van der Waals surface area contributed by atoms with Crippen molar-refractivity contribution in [1.82, 2.24) is 0 Å². The standard InChI is InChI=1S/C13H16O4/c1-9(14)5-10(2)15-7-11-3-4-12-13(6-11)17-8-16-12/h3-4,6,10H,5,7-8H2,1-2H3. The Balaban J connectivity index is 1.89. The van der Waals surface area contributed by atoms with E-state index in [0.717, 1.165) is 17.1 Å². The lowest BCUT2D eigenvalue weighted by molar-refractivity contribution is -0.119. The third-order valence-corrected chi connectivity index (χ3v) is 2.55. The quantitative estimate of drug-likeness (QED) is 0.786. The van der Waals surface area contributed by atoms with Crippen LogP contribution in [0.25, 0.3) is 0 Å². The lowest BCUT2D eigenvalue weighted by Crippen LogP contribution is -2.12. The zero-order valence-corrected chi connectivity index (χ0v) is 10.1. The zero-order chi connectivity index (χ0) is 12.3. The first kappa shape index (κ1) is 11.9. The maximum Gasteiger partial charge on any atom is 0.231 e. The van der Waals surface area contributed by atoms with Gasteiger partial charge in [0.2, 0.25) is 6.79 Å². The molecule has 1 aromatic carbocycles. The lowest BCUT2D eigenvalue weighted by atomic mass is 10.2. The van der Waals surface area contributed by atoms with E-state index in [-0.39, 0.29) is 18.7 Å². The Kier molecular flexibility index (Phi) is 3.64. The second-order valence-electron chi connectivity index (χ2n) is 4.22. The number of ether oxygens (including phenoxy) is 3. The highest BCUT2D eigenvalue weighted by molar-refractivity contribution is 5.75. The van der Waals surface area contributed by atoms with Crippen LogP contribution in [-0.4, -0.2) is 18.7 Å². The van der Waals surface area contributed by atoms with Crippen LogP contribution in [0.15, 0.2) is 18.2 Å². The monoisotopic (exact) mass is 236 g/mol. The van der Waals surface area contributed by atoms with Gasteiger partial charge in [-0.2, -0.15) is 0 Å². The van der Waals surface area contributed by atoms with E-state index in [0.29, 0.717) is 13.0 Å². The van der Waals surface area contributed by atoms with Crippen molar-refractivity contribution in [3.05, 3.63) is 23.8 Å². The molecule has 1 unspecified atom stereocenters. The molecule has 92 valence electrons. The van der Waals surface area contributed by atoms with Gasteiger partial charge in [-0.3, -0.25) is 4.79 Å². The number of Topliss-reactive ketones (excluding diaryl/α,β-unsaturated/α-hetero) is 1. The summed E-state index contributed by atoms with van der Waals surface area (Å²) in [5.74, 6) is 1.67. The number of fused-ring (bicyclic) bond motifs is 1. The molecule has 4 heteroatoms. The highest BCUT2D eigenvalue weighted by Gasteiger charge is 2.13. The van der Waals surface area contributed by atoms with Crippen LogP contribution >= 0.6 is 0 Å². The van der Waals surface area contributed by atoms with E-state index in [1.54, 1.807) is 6.92 Å². The van der Waals surface area contributed by atoms with Crippen LogP contribution in [0.5, 0.6) is 11.5 Å². The number of rotatable bonds is 5. The predicted molar refractivity (Wildman–Crippen MR) is 62.1 cm³/mol. The topological polar surface area (TPSA) is 44.8 Å². The van der Waals surface area contributed by atoms with Crippen LogP contribution in [0.3, 0.4) is 0 Å². The van der Waals surface area contributed by atoms with Crippen molar-refractivity contribution in [3.8, 4) is 11.5 Å². The Morgan fingerprint density at radius 1 is 1.41 bits per heavy atom. The average molecular weight is 236 g/mol. The molecular formula is C13H16O4. The maximum absolute atomic E-state index is 10.9. The van der Waals surface area contributed by atoms with Gasteiger partial charge in [-0.25, -0.2) is 0 Å². The summed E-state index contributed by atoms with van der Waals surface area (Å²) in [7, 11) is 0. The second-order valence-corrected chi connectivity index (χ2v) is 4.22. The maximum atomic E-state index is 10.9. The molecule has 0 aromatic heterocycles. The third kappa shape index (κ3) is 3.20. The van der Waals surface area contributed by atoms with Crippen molar-refractivity contribution >= 4 is 5.78 Å². The molecule has 17 heavy (non-hydrogen) atoms. The Morgan fingerprint density at radius 3 is 2.94 bits per heavy atom. The van der Waals surface area contributed by atoms with Crippen LogP contribution in [0.2, 0.25) is 0 Å². The van der Waals surface area contributed by atoms with Crippen molar-refractivity contribution in [3.63, 3.8) is 0 Å². The summed E-state index contributed by atoms with van der Waals surface area (Å²) in [5.41, 5.74) is 1.02. The molecule has 0 aliphatic carbocycles. The molecule has 2 rings (SSSR count). The SMILES string of the molecule is CC(=O)CC(C)OCc1ccc2c(c1)OCO2. The van der Waals surface area contributed by atoms with Gasteiger partial charge >= 0.3 is 0 Å². The Morgan fingerprint density at radius 2 is 2.18 bits per heavy atom. The molecule has 0 N–H and O–H groups in total. The first-order valence-electron chi connectivity index (χ1n) is 5.64. The average Bonchev–Trinajstić information content (AvgIpc) is 2.72. The summed E-state index contributed by atoms with van der Waals surface area (Å²) in [5, 5.41) is 0. The van der Waals surface area contributed by atoms with E-state index >= 15 is 0 Å². The molecule has 0 radical (unpaired) electrons. The summed E-state index contributed by atoms with van der Waals surface area (Å²) in [6, 6.07) is 5.72. The molecule has 0 spiro atoms. The summed E-state index contributed by atoms with van der Waals surface area (Å²) in [6.45, 7) is 4.22. The minimum atomic E-state index is -0.0575. The molecule has 0 amide bonds. The highest BCUT2D eigenvalue weighted by Crippen LogP contribution is 2.32. The lowest BCUT2D eigenvalue weighted by Gasteiger charge is -2.11. The molecule has 0 bridgehead atoms. The van der Waals surface area contributed by atoms with E-state index in [2.05, 4.69) is 0 Å². The number of ketones is 1. The third-order valence-electron chi connectivity index (χ3n) is 2.55. The smallest absolute Gasteiger partial charge is 0.231 e. The van der Waals surface area contributed by atoms with Crippen LogP contribution in [0, 0.1) is 0 Å². The number of benzene rings is 1. The molecule has 1 heterocycles. The summed E-state index contributed by atoms with van der Waals surface area (Å²) in [4.78, 5) is 10.9. The number of carbonyl (C=O) groups excluding carboxylic acids is 1.